The van der Waals surface area contributed by atoms with Crippen LogP contribution in [-0.4, -0.2) is 66.5 Å². The largest absolute Gasteiger partial charge is 0.490 e. The van der Waals surface area contributed by atoms with Crippen molar-refractivity contribution in [2.24, 2.45) is 0 Å². The summed E-state index contributed by atoms with van der Waals surface area (Å²) < 4.78 is 40.5. The van der Waals surface area contributed by atoms with E-state index in [2.05, 4.69) is 8.83 Å². The van der Waals surface area contributed by atoms with Crippen LogP contribution in [0.1, 0.15) is 6.23 Å². The zero-order chi connectivity index (χ0) is 20.6. The summed E-state index contributed by atoms with van der Waals surface area (Å²) in [4.78, 5) is 51.5. The molecule has 17 heteroatoms. The highest BCUT2D eigenvalue weighted by atomic mass is 31.3. The molecule has 1 aliphatic heterocycles. The molecular formula is C10H16N2O13P2. The molecule has 0 bridgehead atoms. The van der Waals surface area contributed by atoms with Crippen LogP contribution < -0.4 is 16.0 Å². The molecule has 27 heavy (non-hydrogen) atoms. The Bertz CT molecular complexity index is 890. The Morgan fingerprint density at radius 3 is 2.41 bits per heavy atom. The molecule has 154 valence electrons. The molecule has 2 heterocycles. The summed E-state index contributed by atoms with van der Waals surface area (Å²) in [6, 6.07) is 0. The first-order valence-corrected chi connectivity index (χ1v) is 10.0. The van der Waals surface area contributed by atoms with E-state index in [1.54, 1.807) is 0 Å². The lowest BCUT2D eigenvalue weighted by Crippen LogP contribution is -2.38. The maximum Gasteiger partial charge on any atom is 0.481 e. The predicted octanol–water partition coefficient (Wildman–Crippen LogP) is -2.61. The molecule has 1 fully saturated rings. The van der Waals surface area contributed by atoms with Crippen LogP contribution in [0.15, 0.2) is 15.8 Å². The number of rotatable bonds is 7. The molecule has 2 rings (SSSR count). The van der Waals surface area contributed by atoms with Gasteiger partial charge in [0.15, 0.2) is 6.23 Å². The van der Waals surface area contributed by atoms with Crippen molar-refractivity contribution in [2.45, 2.75) is 24.5 Å². The van der Waals surface area contributed by atoms with Gasteiger partial charge in [0, 0.05) is 0 Å². The molecule has 0 spiro atoms. The maximum atomic E-state index is 11.9. The molecule has 1 aromatic heterocycles. The second-order valence-electron chi connectivity index (χ2n) is 5.25. The van der Waals surface area contributed by atoms with Crippen molar-refractivity contribution in [3.8, 4) is 5.75 Å². The van der Waals surface area contributed by atoms with E-state index in [1.165, 1.54) is 0 Å². The molecule has 6 N–H and O–H groups in total. The molecule has 0 saturated carbocycles. The lowest BCUT2D eigenvalue weighted by molar-refractivity contribution is -0.0544. The van der Waals surface area contributed by atoms with Crippen molar-refractivity contribution in [1.29, 1.82) is 0 Å². The van der Waals surface area contributed by atoms with Gasteiger partial charge in [-0.25, -0.2) is 13.9 Å². The van der Waals surface area contributed by atoms with E-state index < -0.39 is 58.0 Å². The zero-order valence-corrected chi connectivity index (χ0v) is 15.2. The Morgan fingerprint density at radius 1 is 1.22 bits per heavy atom. The third kappa shape index (κ3) is 5.33. The van der Waals surface area contributed by atoms with Gasteiger partial charge < -0.3 is 34.4 Å². The van der Waals surface area contributed by atoms with E-state index in [9.17, 15) is 33.8 Å². The van der Waals surface area contributed by atoms with Gasteiger partial charge >= 0.3 is 21.3 Å². The molecule has 3 unspecified atom stereocenters. The summed E-state index contributed by atoms with van der Waals surface area (Å²) >= 11 is 0. The van der Waals surface area contributed by atoms with Crippen LogP contribution in [0.4, 0.5) is 0 Å². The molecule has 5 atom stereocenters. The average Bonchev–Trinajstić information content (AvgIpc) is 2.79. The smallest absolute Gasteiger partial charge is 0.481 e. The first kappa shape index (κ1) is 21.9. The van der Waals surface area contributed by atoms with Crippen LogP contribution >= 0.6 is 15.6 Å². The molecule has 0 radical (unpaired) electrons. The molecule has 0 aliphatic carbocycles. The molecular weight excluding hydrogens is 418 g/mol. The van der Waals surface area contributed by atoms with Gasteiger partial charge in [-0.2, -0.15) is 4.31 Å². The van der Waals surface area contributed by atoms with Gasteiger partial charge in [-0.05, 0) is 0 Å². The minimum absolute atomic E-state index is 0.297. The van der Waals surface area contributed by atoms with Crippen molar-refractivity contribution in [1.82, 2.24) is 9.55 Å². The van der Waals surface area contributed by atoms with E-state index >= 15 is 0 Å². The number of aromatic nitrogens is 2. The van der Waals surface area contributed by atoms with E-state index in [4.69, 9.17) is 19.3 Å². The van der Waals surface area contributed by atoms with Crippen molar-refractivity contribution in [3.05, 3.63) is 27.0 Å². The minimum atomic E-state index is -5.34. The van der Waals surface area contributed by atoms with Gasteiger partial charge in [0.2, 0.25) is 5.75 Å². The SMILES string of the molecule is COc1cn([C@@H]2O[C@H](COP(=O)(O)OP(=O)(O)O)C(O)C2O)c(=O)[nH]c1=O. The van der Waals surface area contributed by atoms with E-state index in [0.717, 1.165) is 13.3 Å². The van der Waals surface area contributed by atoms with E-state index in [-0.39, 0.29) is 5.75 Å². The molecule has 15 nitrogen and oxygen atoms in total. The number of hydrogen-bond acceptors (Lipinski definition) is 10. The fraction of sp³-hybridized carbons (Fsp3) is 0.600. The lowest BCUT2D eigenvalue weighted by atomic mass is 10.1. The number of aromatic amines is 1. The van der Waals surface area contributed by atoms with Gasteiger partial charge in [-0.3, -0.25) is 18.9 Å². The van der Waals surface area contributed by atoms with Crippen LogP contribution in [0.3, 0.4) is 0 Å². The lowest BCUT2D eigenvalue weighted by Gasteiger charge is -2.18. The summed E-state index contributed by atoms with van der Waals surface area (Å²) in [5.41, 5.74) is -1.85. The third-order valence-corrected chi connectivity index (χ3v) is 5.53. The number of nitrogens with one attached hydrogen (secondary N) is 1. The fourth-order valence-electron chi connectivity index (χ4n) is 2.22. The third-order valence-electron chi connectivity index (χ3n) is 3.38. The van der Waals surface area contributed by atoms with Gasteiger partial charge in [0.25, 0.3) is 5.56 Å². The summed E-state index contributed by atoms with van der Waals surface area (Å²) in [7, 11) is -9.40. The Hall–Kier alpha value is -1.38. The number of phosphoric acid groups is 2. The standard InChI is InChI=1S/C10H16N2O13P2/c1-22-4-2-12(10(16)11-8(4)15)9-7(14)6(13)5(24-9)3-23-27(20,21)25-26(17,18)19/h2,5-7,9,13-14H,3H2,1H3,(H,20,21)(H,11,15,16)(H2,17,18,19)/t5-,6?,7?,9-/m1/s1. The monoisotopic (exact) mass is 434 g/mol. The van der Waals surface area contributed by atoms with Crippen LogP contribution in [0.2, 0.25) is 0 Å². The van der Waals surface area contributed by atoms with Crippen molar-refractivity contribution < 1.29 is 52.3 Å². The van der Waals surface area contributed by atoms with Crippen molar-refractivity contribution in [3.63, 3.8) is 0 Å². The van der Waals surface area contributed by atoms with Gasteiger partial charge in [0.1, 0.15) is 18.3 Å². The number of aliphatic hydroxyl groups excluding tert-OH is 2. The predicted molar refractivity (Wildman–Crippen MR) is 82.7 cm³/mol. The second kappa shape index (κ2) is 7.93. The van der Waals surface area contributed by atoms with E-state index in [1.807, 2.05) is 4.98 Å². The fourth-order valence-corrected chi connectivity index (χ4v) is 3.82. The maximum absolute atomic E-state index is 11.9. The summed E-state index contributed by atoms with van der Waals surface area (Å²) in [6.07, 6.45) is -5.57. The zero-order valence-electron chi connectivity index (χ0n) is 13.4. The summed E-state index contributed by atoms with van der Waals surface area (Å²) in [6.45, 7) is -0.933. The topological polar surface area (TPSA) is 227 Å². The van der Waals surface area contributed by atoms with Crippen molar-refractivity contribution in [2.75, 3.05) is 13.7 Å². The number of phosphoric ester groups is 1. The molecule has 0 aromatic carbocycles. The van der Waals surface area contributed by atoms with Crippen LogP contribution in [0.5, 0.6) is 5.75 Å². The highest BCUT2D eigenvalue weighted by Gasteiger charge is 2.46. The average molecular weight is 434 g/mol. The van der Waals surface area contributed by atoms with Gasteiger partial charge in [-0.1, -0.05) is 0 Å². The number of methoxy groups -OCH3 is 1. The number of hydrogen-bond donors (Lipinski definition) is 6. The Kier molecular flexibility index (Phi) is 6.44. The summed E-state index contributed by atoms with van der Waals surface area (Å²) in [5.74, 6) is -0.297. The number of aliphatic hydroxyl groups is 2. The highest BCUT2D eigenvalue weighted by molar-refractivity contribution is 7.60. The minimum Gasteiger partial charge on any atom is -0.490 e. The van der Waals surface area contributed by atoms with Crippen LogP contribution in [0, 0.1) is 0 Å². The highest BCUT2D eigenvalue weighted by Crippen LogP contribution is 2.57. The molecule has 1 aliphatic rings. The quantitative estimate of drug-likeness (QED) is 0.242. The van der Waals surface area contributed by atoms with E-state index in [0.29, 0.717) is 4.57 Å². The van der Waals surface area contributed by atoms with Crippen LogP contribution in [-0.2, 0) is 22.7 Å². The molecule has 0 amide bonds. The number of ether oxygens (including phenoxy) is 2. The summed E-state index contributed by atoms with van der Waals surface area (Å²) in [5, 5.41) is 20.0. The Morgan fingerprint density at radius 2 is 1.85 bits per heavy atom. The molecule has 1 aromatic rings. The van der Waals surface area contributed by atoms with Gasteiger partial charge in [0.05, 0.1) is 19.9 Å². The van der Waals surface area contributed by atoms with Gasteiger partial charge in [-0.15, -0.1) is 0 Å². The normalized spacial score (nSPS) is 28.1. The first-order chi connectivity index (χ1) is 12.3. The second-order valence-corrected chi connectivity index (χ2v) is 8.08. The Labute approximate surface area is 149 Å². The van der Waals surface area contributed by atoms with Crippen molar-refractivity contribution >= 4 is 15.6 Å². The van der Waals surface area contributed by atoms with Crippen LogP contribution in [0.25, 0.3) is 0 Å². The number of H-pyrrole nitrogens is 1. The Balaban J connectivity index is 2.17. The first-order valence-electron chi connectivity index (χ1n) is 7.00. The number of nitrogens with zero attached hydrogens (tertiary/aromatic N) is 1. The molecule has 1 saturated heterocycles.